The predicted molar refractivity (Wildman–Crippen MR) is 93.4 cm³/mol. The molecule has 2 aromatic carbocycles. The number of hydrogen-bond acceptors (Lipinski definition) is 3. The summed E-state index contributed by atoms with van der Waals surface area (Å²) >= 11 is 0. The van der Waals surface area contributed by atoms with Gasteiger partial charge in [-0.15, -0.1) is 0 Å². The van der Waals surface area contributed by atoms with Gasteiger partial charge in [-0.2, -0.15) is 0 Å². The Morgan fingerprint density at radius 3 is 2.62 bits per heavy atom. The lowest BCUT2D eigenvalue weighted by molar-refractivity contribution is 0.251. The minimum Gasteiger partial charge on any atom is -0.497 e. The summed E-state index contributed by atoms with van der Waals surface area (Å²) in [6.07, 6.45) is 1.50. The predicted octanol–water partition coefficient (Wildman–Crippen LogP) is 2.86. The Labute approximate surface area is 138 Å². The summed E-state index contributed by atoms with van der Waals surface area (Å²) in [7, 11) is 1.60. The number of rotatable bonds is 4. The summed E-state index contributed by atoms with van der Waals surface area (Å²) in [6, 6.07) is 14.1. The second-order valence-electron chi connectivity index (χ2n) is 5.23. The number of benzene rings is 2. The van der Waals surface area contributed by atoms with Crippen molar-refractivity contribution in [2.45, 2.75) is 6.54 Å². The molecule has 6 nitrogen and oxygen atoms in total. The number of H-pyrrole nitrogens is 1. The second-order valence-corrected chi connectivity index (χ2v) is 5.23. The molecule has 0 saturated heterocycles. The number of pyridine rings is 1. The molecule has 0 bridgehead atoms. The first kappa shape index (κ1) is 15.6. The molecule has 1 aromatic heterocycles. The average molecular weight is 323 g/mol. The number of carbonyl (C=O) groups excluding carboxylic acids is 1. The minimum absolute atomic E-state index is 0.209. The highest BCUT2D eigenvalue weighted by Crippen LogP contribution is 2.11. The Balaban J connectivity index is 1.66. The van der Waals surface area contributed by atoms with E-state index in [9.17, 15) is 9.59 Å². The molecule has 0 spiro atoms. The third-order valence-corrected chi connectivity index (χ3v) is 3.65. The van der Waals surface area contributed by atoms with Gasteiger partial charge in [0.15, 0.2) is 0 Å². The summed E-state index contributed by atoms with van der Waals surface area (Å²) in [5.41, 5.74) is 1.65. The van der Waals surface area contributed by atoms with Crippen molar-refractivity contribution < 1.29 is 9.53 Å². The minimum atomic E-state index is -0.438. The smallest absolute Gasteiger partial charge is 0.319 e. The lowest BCUT2D eigenvalue weighted by Gasteiger charge is -2.08. The zero-order valence-corrected chi connectivity index (χ0v) is 13.1. The van der Waals surface area contributed by atoms with Crippen LogP contribution in [0.15, 0.2) is 59.5 Å². The van der Waals surface area contributed by atoms with Gasteiger partial charge in [-0.1, -0.05) is 24.3 Å². The molecule has 0 aliphatic heterocycles. The normalized spacial score (nSPS) is 10.4. The van der Waals surface area contributed by atoms with Gasteiger partial charge in [0.25, 0.3) is 0 Å². The van der Waals surface area contributed by atoms with Crippen molar-refractivity contribution in [3.05, 3.63) is 70.5 Å². The van der Waals surface area contributed by atoms with Crippen LogP contribution in [-0.2, 0) is 6.54 Å². The third-order valence-electron chi connectivity index (χ3n) is 3.65. The maximum absolute atomic E-state index is 12.3. The van der Waals surface area contributed by atoms with Gasteiger partial charge in [0, 0.05) is 23.6 Å². The molecule has 0 aliphatic rings. The number of para-hydroxylation sites is 1. The lowest BCUT2D eigenvalue weighted by Crippen LogP contribution is -2.30. The van der Waals surface area contributed by atoms with E-state index in [1.807, 2.05) is 36.4 Å². The van der Waals surface area contributed by atoms with E-state index in [1.165, 1.54) is 6.20 Å². The molecule has 122 valence electrons. The van der Waals surface area contributed by atoms with E-state index in [-0.39, 0.29) is 11.1 Å². The van der Waals surface area contributed by atoms with Gasteiger partial charge in [0.2, 0.25) is 5.43 Å². The summed E-state index contributed by atoms with van der Waals surface area (Å²) in [5, 5.41) is 5.83. The highest BCUT2D eigenvalue weighted by Gasteiger charge is 2.08. The fourth-order valence-corrected chi connectivity index (χ4v) is 2.35. The average Bonchev–Trinajstić information content (AvgIpc) is 2.63. The molecule has 24 heavy (non-hydrogen) atoms. The van der Waals surface area contributed by atoms with Gasteiger partial charge in [-0.25, -0.2) is 4.79 Å². The first-order valence-electron chi connectivity index (χ1n) is 7.45. The fourth-order valence-electron chi connectivity index (χ4n) is 2.35. The molecule has 3 rings (SSSR count). The van der Waals surface area contributed by atoms with Crippen molar-refractivity contribution in [1.82, 2.24) is 10.3 Å². The summed E-state index contributed by atoms with van der Waals surface area (Å²) < 4.78 is 5.08. The van der Waals surface area contributed by atoms with Crippen molar-refractivity contribution >= 4 is 22.6 Å². The van der Waals surface area contributed by atoms with Gasteiger partial charge in [-0.05, 0) is 29.8 Å². The molecule has 0 fully saturated rings. The number of aromatic amines is 1. The number of anilines is 1. The Morgan fingerprint density at radius 1 is 1.12 bits per heavy atom. The number of nitrogens with one attached hydrogen (secondary N) is 3. The quantitative estimate of drug-likeness (QED) is 0.690. The van der Waals surface area contributed by atoms with Crippen LogP contribution in [0.25, 0.3) is 10.9 Å². The summed E-state index contributed by atoms with van der Waals surface area (Å²) in [4.78, 5) is 27.3. The largest absolute Gasteiger partial charge is 0.497 e. The van der Waals surface area contributed by atoms with Crippen LogP contribution in [0.4, 0.5) is 10.5 Å². The van der Waals surface area contributed by atoms with Crippen LogP contribution in [0.1, 0.15) is 5.56 Å². The Hall–Kier alpha value is -3.28. The van der Waals surface area contributed by atoms with Gasteiger partial charge in [-0.3, -0.25) is 4.79 Å². The van der Waals surface area contributed by atoms with E-state index in [1.54, 1.807) is 19.2 Å². The van der Waals surface area contributed by atoms with Crippen LogP contribution in [0, 0.1) is 0 Å². The maximum Gasteiger partial charge on any atom is 0.319 e. The fraction of sp³-hybridized carbons (Fsp3) is 0.111. The molecule has 0 atom stereocenters. The van der Waals surface area contributed by atoms with Crippen LogP contribution in [0.5, 0.6) is 5.75 Å². The Kier molecular flexibility index (Phi) is 4.47. The van der Waals surface area contributed by atoms with Crippen molar-refractivity contribution in [2.75, 3.05) is 12.4 Å². The van der Waals surface area contributed by atoms with Crippen molar-refractivity contribution in [3.63, 3.8) is 0 Å². The van der Waals surface area contributed by atoms with E-state index in [4.69, 9.17) is 4.74 Å². The number of carbonyl (C=O) groups is 1. The highest BCUT2D eigenvalue weighted by molar-refractivity contribution is 5.91. The molecule has 3 N–H and O–H groups in total. The molecule has 0 radical (unpaired) electrons. The number of aromatic nitrogens is 1. The Morgan fingerprint density at radius 2 is 1.88 bits per heavy atom. The zero-order valence-electron chi connectivity index (χ0n) is 13.1. The SMILES string of the molecule is COc1ccc(CNC(=O)Nc2c[nH]c3ccccc3c2=O)cc1. The highest BCUT2D eigenvalue weighted by atomic mass is 16.5. The standard InChI is InChI=1S/C18H17N3O3/c1-24-13-8-6-12(7-9-13)10-20-18(23)21-16-11-19-15-5-3-2-4-14(15)17(16)22/h2-9,11H,10H2,1H3,(H,19,22)(H2,20,21,23). The molecule has 3 aromatic rings. The van der Waals surface area contributed by atoms with E-state index in [0.29, 0.717) is 11.9 Å². The van der Waals surface area contributed by atoms with Crippen LogP contribution in [-0.4, -0.2) is 18.1 Å². The number of urea groups is 1. The number of hydrogen-bond donors (Lipinski definition) is 3. The molecule has 0 unspecified atom stereocenters. The van der Waals surface area contributed by atoms with Crippen LogP contribution >= 0.6 is 0 Å². The zero-order chi connectivity index (χ0) is 16.9. The molecule has 0 saturated carbocycles. The number of ether oxygens (including phenoxy) is 1. The van der Waals surface area contributed by atoms with Gasteiger partial charge in [0.05, 0.1) is 7.11 Å². The van der Waals surface area contributed by atoms with E-state index >= 15 is 0 Å². The lowest BCUT2D eigenvalue weighted by atomic mass is 10.2. The first-order chi connectivity index (χ1) is 11.7. The van der Waals surface area contributed by atoms with Gasteiger partial charge < -0.3 is 20.4 Å². The molecular weight excluding hydrogens is 306 g/mol. The molecule has 1 heterocycles. The summed E-state index contributed by atoms with van der Waals surface area (Å²) in [6.45, 7) is 0.349. The number of methoxy groups -OCH3 is 1. The molecule has 6 heteroatoms. The van der Waals surface area contributed by atoms with E-state index < -0.39 is 6.03 Å². The third kappa shape index (κ3) is 3.38. The number of amides is 2. The Bertz CT molecular complexity index is 917. The maximum atomic E-state index is 12.3. The number of fused-ring (bicyclic) bond motifs is 1. The topological polar surface area (TPSA) is 83.2 Å². The van der Waals surface area contributed by atoms with E-state index in [0.717, 1.165) is 16.8 Å². The van der Waals surface area contributed by atoms with E-state index in [2.05, 4.69) is 15.6 Å². The monoisotopic (exact) mass is 323 g/mol. The van der Waals surface area contributed by atoms with Crippen LogP contribution in [0.2, 0.25) is 0 Å². The van der Waals surface area contributed by atoms with Crippen LogP contribution < -0.4 is 20.8 Å². The van der Waals surface area contributed by atoms with Crippen molar-refractivity contribution in [2.24, 2.45) is 0 Å². The molecular formula is C18H17N3O3. The van der Waals surface area contributed by atoms with Crippen molar-refractivity contribution in [1.29, 1.82) is 0 Å². The second kappa shape index (κ2) is 6.87. The van der Waals surface area contributed by atoms with Gasteiger partial charge >= 0.3 is 6.03 Å². The van der Waals surface area contributed by atoms with Gasteiger partial charge in [0.1, 0.15) is 11.4 Å². The van der Waals surface area contributed by atoms with Crippen molar-refractivity contribution in [3.8, 4) is 5.75 Å². The molecule has 2 amide bonds. The summed E-state index contributed by atoms with van der Waals surface area (Å²) in [5.74, 6) is 0.755. The molecule has 0 aliphatic carbocycles. The van der Waals surface area contributed by atoms with Crippen LogP contribution in [0.3, 0.4) is 0 Å². The first-order valence-corrected chi connectivity index (χ1v) is 7.45.